The zero-order chi connectivity index (χ0) is 22.4. The van der Waals surface area contributed by atoms with E-state index in [-0.39, 0.29) is 24.9 Å². The molecule has 31 heavy (non-hydrogen) atoms. The Morgan fingerprint density at radius 2 is 1.87 bits per heavy atom. The van der Waals surface area contributed by atoms with Crippen LogP contribution in [-0.2, 0) is 11.3 Å². The average Bonchev–Trinajstić information content (AvgIpc) is 2.99. The molecule has 4 rings (SSSR count). The number of amides is 1. The molecule has 2 aromatic rings. The molecule has 1 atom stereocenters. The molecular formula is C21H22F5N3O2. The Morgan fingerprint density at radius 1 is 1.19 bits per heavy atom. The highest BCUT2D eigenvalue weighted by molar-refractivity contribution is 5.92. The zero-order valence-electron chi connectivity index (χ0n) is 16.6. The predicted octanol–water partition coefficient (Wildman–Crippen LogP) is 4.57. The number of halogens is 5. The Kier molecular flexibility index (Phi) is 5.53. The van der Waals surface area contributed by atoms with Crippen molar-refractivity contribution in [2.24, 2.45) is 5.92 Å². The van der Waals surface area contributed by atoms with Gasteiger partial charge in [-0.1, -0.05) is 6.42 Å². The van der Waals surface area contributed by atoms with E-state index in [2.05, 4.69) is 10.4 Å². The highest BCUT2D eigenvalue weighted by Crippen LogP contribution is 2.56. The van der Waals surface area contributed by atoms with Gasteiger partial charge in [-0.15, -0.1) is 0 Å². The molecule has 2 aliphatic carbocycles. The lowest BCUT2D eigenvalue weighted by molar-refractivity contribution is -0.313. The van der Waals surface area contributed by atoms with E-state index >= 15 is 0 Å². The van der Waals surface area contributed by atoms with Gasteiger partial charge in [0.2, 0.25) is 5.91 Å². The van der Waals surface area contributed by atoms with Crippen molar-refractivity contribution in [1.82, 2.24) is 9.78 Å². The van der Waals surface area contributed by atoms with Crippen LogP contribution < -0.4 is 5.32 Å². The highest BCUT2D eigenvalue weighted by atomic mass is 19.3. The molecule has 168 valence electrons. The molecule has 0 aliphatic heterocycles. The number of hydrogen-bond acceptors (Lipinski definition) is 3. The van der Waals surface area contributed by atoms with Gasteiger partial charge in [-0.25, -0.2) is 9.07 Å². The smallest absolute Gasteiger partial charge is 0.313 e. The summed E-state index contributed by atoms with van der Waals surface area (Å²) < 4.78 is 68.1. The van der Waals surface area contributed by atoms with E-state index in [1.807, 2.05) is 0 Å². The topological polar surface area (TPSA) is 67.2 Å². The number of aliphatic hydroxyl groups is 1. The number of benzene rings is 1. The van der Waals surface area contributed by atoms with E-state index in [1.54, 1.807) is 12.1 Å². The van der Waals surface area contributed by atoms with Gasteiger partial charge in [0.05, 0.1) is 18.8 Å². The molecule has 0 radical (unpaired) electrons. The first-order chi connectivity index (χ1) is 14.6. The first-order valence-corrected chi connectivity index (χ1v) is 10.2. The van der Waals surface area contributed by atoms with Crippen LogP contribution in [0.3, 0.4) is 0 Å². The third-order valence-electron chi connectivity index (χ3n) is 6.12. The molecule has 1 aromatic heterocycles. The fourth-order valence-corrected chi connectivity index (χ4v) is 4.12. The zero-order valence-corrected chi connectivity index (χ0v) is 16.6. The number of alkyl halides is 4. The minimum Gasteiger partial charge on any atom is -0.394 e. The second kappa shape index (κ2) is 7.89. The summed E-state index contributed by atoms with van der Waals surface area (Å²) >= 11 is 0. The van der Waals surface area contributed by atoms with Crippen molar-refractivity contribution < 1.29 is 31.9 Å². The van der Waals surface area contributed by atoms with Gasteiger partial charge in [0, 0.05) is 29.9 Å². The van der Waals surface area contributed by atoms with Crippen molar-refractivity contribution in [2.75, 3.05) is 11.9 Å². The standard InChI is InChI=1S/C21H22F5N3O2/c22-15-6-4-13(5-7-15)18-17(12-2-1-3-12)19(29(28-18)8-9-30)27-16(31)10-14-11-20(23,24)21(14,25)26/h4-7,12,14,30H,1-3,8-11H2,(H,27,31). The highest BCUT2D eigenvalue weighted by Gasteiger charge is 2.71. The number of nitrogens with zero attached hydrogens (tertiary/aromatic N) is 2. The number of anilines is 1. The molecule has 1 amide bonds. The van der Waals surface area contributed by atoms with Crippen molar-refractivity contribution in [3.8, 4) is 11.3 Å². The largest absolute Gasteiger partial charge is 0.394 e. The van der Waals surface area contributed by atoms with Crippen LogP contribution >= 0.6 is 0 Å². The summed E-state index contributed by atoms with van der Waals surface area (Å²) in [5, 5.41) is 16.5. The molecule has 1 heterocycles. The fourth-order valence-electron chi connectivity index (χ4n) is 4.12. The van der Waals surface area contributed by atoms with Crippen LogP contribution in [0.15, 0.2) is 24.3 Å². The molecule has 1 unspecified atom stereocenters. The van der Waals surface area contributed by atoms with Crippen LogP contribution in [0, 0.1) is 11.7 Å². The van der Waals surface area contributed by atoms with E-state index in [0.29, 0.717) is 16.8 Å². The number of aliphatic hydroxyl groups excluding tert-OH is 1. The number of carbonyl (C=O) groups excluding carboxylic acids is 1. The van der Waals surface area contributed by atoms with Crippen LogP contribution in [0.5, 0.6) is 0 Å². The maximum Gasteiger partial charge on any atom is 0.313 e. The van der Waals surface area contributed by atoms with Gasteiger partial charge in [-0.2, -0.15) is 22.7 Å². The van der Waals surface area contributed by atoms with Crippen molar-refractivity contribution >= 4 is 11.7 Å². The van der Waals surface area contributed by atoms with Crippen molar-refractivity contribution in [3.05, 3.63) is 35.6 Å². The summed E-state index contributed by atoms with van der Waals surface area (Å²) in [6.45, 7) is -0.251. The number of nitrogens with one attached hydrogen (secondary N) is 1. The normalized spacial score (nSPS) is 21.9. The summed E-state index contributed by atoms with van der Waals surface area (Å²) in [5.41, 5.74) is 1.81. The molecule has 0 bridgehead atoms. The van der Waals surface area contributed by atoms with Crippen molar-refractivity contribution in [3.63, 3.8) is 0 Å². The first-order valence-electron chi connectivity index (χ1n) is 10.2. The molecule has 0 spiro atoms. The monoisotopic (exact) mass is 443 g/mol. The summed E-state index contributed by atoms with van der Waals surface area (Å²) in [4.78, 5) is 12.5. The third kappa shape index (κ3) is 3.81. The Bertz CT molecular complexity index is 970. The molecule has 2 fully saturated rings. The molecular weight excluding hydrogens is 421 g/mol. The third-order valence-corrected chi connectivity index (χ3v) is 6.12. The minimum atomic E-state index is -4.22. The second-order valence-electron chi connectivity index (χ2n) is 8.17. The summed E-state index contributed by atoms with van der Waals surface area (Å²) in [6, 6.07) is 5.65. The van der Waals surface area contributed by atoms with Crippen LogP contribution in [-0.4, -0.2) is 39.2 Å². The molecule has 2 saturated carbocycles. The molecule has 2 aliphatic rings. The molecule has 1 aromatic carbocycles. The Hall–Kier alpha value is -2.49. The van der Waals surface area contributed by atoms with Crippen LogP contribution in [0.2, 0.25) is 0 Å². The van der Waals surface area contributed by atoms with Gasteiger partial charge in [0.1, 0.15) is 11.6 Å². The summed E-state index contributed by atoms with van der Waals surface area (Å²) in [5.74, 6) is -11.0. The number of aromatic nitrogens is 2. The first kappa shape index (κ1) is 21.7. The summed E-state index contributed by atoms with van der Waals surface area (Å²) in [6.07, 6.45) is 0.835. The van der Waals surface area contributed by atoms with Gasteiger partial charge in [0.15, 0.2) is 0 Å². The predicted molar refractivity (Wildman–Crippen MR) is 103 cm³/mol. The van der Waals surface area contributed by atoms with Gasteiger partial charge < -0.3 is 10.4 Å². The van der Waals surface area contributed by atoms with Gasteiger partial charge in [0.25, 0.3) is 0 Å². The van der Waals surface area contributed by atoms with E-state index in [1.165, 1.54) is 16.8 Å². The lowest BCUT2D eigenvalue weighted by atomic mass is 9.74. The average molecular weight is 443 g/mol. The van der Waals surface area contributed by atoms with E-state index < -0.39 is 42.3 Å². The lowest BCUT2D eigenvalue weighted by Gasteiger charge is -2.43. The van der Waals surface area contributed by atoms with Gasteiger partial charge >= 0.3 is 11.8 Å². The maximum atomic E-state index is 13.6. The van der Waals surface area contributed by atoms with Crippen molar-refractivity contribution in [2.45, 2.75) is 56.4 Å². The van der Waals surface area contributed by atoms with Crippen molar-refractivity contribution in [1.29, 1.82) is 0 Å². The van der Waals surface area contributed by atoms with Crippen LogP contribution in [0.25, 0.3) is 11.3 Å². The molecule has 5 nitrogen and oxygen atoms in total. The fraction of sp³-hybridized carbons (Fsp3) is 0.524. The maximum absolute atomic E-state index is 13.6. The van der Waals surface area contributed by atoms with E-state index in [4.69, 9.17) is 0 Å². The Labute approximate surface area is 175 Å². The summed E-state index contributed by atoms with van der Waals surface area (Å²) in [7, 11) is 0. The van der Waals surface area contributed by atoms with Crippen LogP contribution in [0.1, 0.15) is 43.6 Å². The van der Waals surface area contributed by atoms with E-state index in [9.17, 15) is 31.9 Å². The Morgan fingerprint density at radius 3 is 2.39 bits per heavy atom. The second-order valence-corrected chi connectivity index (χ2v) is 8.17. The van der Waals surface area contributed by atoms with Gasteiger partial charge in [-0.3, -0.25) is 4.79 Å². The Balaban J connectivity index is 1.64. The minimum absolute atomic E-state index is 0.0359. The number of hydrogen-bond donors (Lipinski definition) is 2. The SMILES string of the molecule is O=C(CC1CC(F)(F)C1(F)F)Nc1c(C2CCC2)c(-c2ccc(F)cc2)nn1CCO. The van der Waals surface area contributed by atoms with Crippen LogP contribution in [0.4, 0.5) is 27.8 Å². The number of rotatable bonds is 7. The quantitative estimate of drug-likeness (QED) is 0.617. The molecule has 0 saturated heterocycles. The van der Waals surface area contributed by atoms with E-state index in [0.717, 1.165) is 19.3 Å². The molecule has 10 heteroatoms. The van der Waals surface area contributed by atoms with Gasteiger partial charge in [-0.05, 0) is 43.0 Å². The number of carbonyl (C=O) groups is 1. The lowest BCUT2D eigenvalue weighted by Crippen LogP contribution is -2.59. The molecule has 2 N–H and O–H groups in total.